The van der Waals surface area contributed by atoms with Gasteiger partial charge in [-0.25, -0.2) is 9.59 Å². The van der Waals surface area contributed by atoms with Crippen LogP contribution < -0.4 is 10.1 Å². The number of hydrogen-bond donors (Lipinski definition) is 1. The van der Waals surface area contributed by atoms with Crippen molar-refractivity contribution >= 4 is 17.6 Å². The molecule has 106 valence electrons. The first-order chi connectivity index (χ1) is 9.65. The molecule has 0 aliphatic carbocycles. The topological polar surface area (TPSA) is 73.9 Å². The van der Waals surface area contributed by atoms with Gasteiger partial charge in [-0.15, -0.1) is 0 Å². The minimum Gasteiger partial charge on any atom is -0.493 e. The summed E-state index contributed by atoms with van der Waals surface area (Å²) in [5.74, 6) is -0.508. The molecule has 0 aromatic heterocycles. The summed E-state index contributed by atoms with van der Waals surface area (Å²) >= 11 is 0. The number of ether oxygens (including phenoxy) is 3. The fourth-order valence-corrected chi connectivity index (χ4v) is 1.92. The molecule has 0 saturated carbocycles. The zero-order chi connectivity index (χ0) is 14.5. The lowest BCUT2D eigenvalue weighted by molar-refractivity contribution is -0.138. The number of esters is 2. The van der Waals surface area contributed by atoms with Crippen LogP contribution in [0.2, 0.25) is 0 Å². The largest absolute Gasteiger partial charge is 0.493 e. The van der Waals surface area contributed by atoms with Crippen molar-refractivity contribution in [3.8, 4) is 5.75 Å². The van der Waals surface area contributed by atoms with Gasteiger partial charge in [0, 0.05) is 17.7 Å². The Morgan fingerprint density at radius 1 is 1.30 bits per heavy atom. The van der Waals surface area contributed by atoms with Gasteiger partial charge in [-0.1, -0.05) is 6.07 Å². The van der Waals surface area contributed by atoms with Crippen LogP contribution in [0.4, 0.5) is 5.69 Å². The van der Waals surface area contributed by atoms with Crippen molar-refractivity contribution < 1.29 is 23.8 Å². The number of rotatable bonds is 4. The predicted octanol–water partition coefficient (Wildman–Crippen LogP) is 1.26. The Morgan fingerprint density at radius 3 is 2.80 bits per heavy atom. The maximum Gasteiger partial charge on any atom is 0.354 e. The Kier molecular flexibility index (Phi) is 4.24. The third-order valence-corrected chi connectivity index (χ3v) is 2.88. The Labute approximate surface area is 116 Å². The number of carbonyl (C=O) groups is 2. The highest BCUT2D eigenvalue weighted by atomic mass is 16.5. The minimum absolute atomic E-state index is 0.0136. The molecule has 0 unspecified atom stereocenters. The first-order valence-electron chi connectivity index (χ1n) is 6.05. The summed E-state index contributed by atoms with van der Waals surface area (Å²) in [6.07, 6.45) is 1.80. The van der Waals surface area contributed by atoms with Gasteiger partial charge in [0.25, 0.3) is 0 Å². The van der Waals surface area contributed by atoms with Gasteiger partial charge in [-0.2, -0.15) is 0 Å². The molecule has 6 nitrogen and oxygen atoms in total. The quantitative estimate of drug-likeness (QED) is 0.660. The highest BCUT2D eigenvalue weighted by Crippen LogP contribution is 2.32. The Bertz CT molecular complexity index is 565. The third kappa shape index (κ3) is 2.90. The summed E-state index contributed by atoms with van der Waals surface area (Å²) in [5, 5.41) is 2.90. The van der Waals surface area contributed by atoms with Gasteiger partial charge in [0.05, 0.1) is 26.9 Å². The first kappa shape index (κ1) is 13.9. The monoisotopic (exact) mass is 277 g/mol. The van der Waals surface area contributed by atoms with Crippen LogP contribution in [0.25, 0.3) is 0 Å². The van der Waals surface area contributed by atoms with Gasteiger partial charge in [-0.3, -0.25) is 0 Å². The average Bonchev–Trinajstić information content (AvgIpc) is 2.94. The Morgan fingerprint density at radius 2 is 2.10 bits per heavy atom. The molecule has 0 atom stereocenters. The van der Waals surface area contributed by atoms with E-state index in [1.165, 1.54) is 14.2 Å². The van der Waals surface area contributed by atoms with Gasteiger partial charge >= 0.3 is 11.9 Å². The molecule has 1 heterocycles. The molecule has 1 aromatic rings. The van der Waals surface area contributed by atoms with E-state index in [2.05, 4.69) is 14.8 Å². The van der Waals surface area contributed by atoms with Crippen LogP contribution in [0.5, 0.6) is 5.75 Å². The number of methoxy groups -OCH3 is 2. The molecule has 0 amide bonds. The van der Waals surface area contributed by atoms with Crippen molar-refractivity contribution in [2.24, 2.45) is 0 Å². The normalized spacial score (nSPS) is 13.2. The standard InChI is InChI=1S/C14H15NO5/c1-18-13(16)8-11(14(17)19-2)15-10-4-3-5-12-9(10)6-7-20-12/h3-5,8,15H,6-7H2,1-2H3/b11-8+. The number of nitrogens with one attached hydrogen (secondary N) is 1. The van der Waals surface area contributed by atoms with Crippen LogP contribution in [0, 0.1) is 0 Å². The SMILES string of the molecule is COC(=O)/C=C(/Nc1cccc2c1CCO2)C(=O)OC. The molecule has 2 rings (SSSR count). The van der Waals surface area contributed by atoms with Gasteiger partial charge in [0.1, 0.15) is 11.4 Å². The zero-order valence-electron chi connectivity index (χ0n) is 11.3. The van der Waals surface area contributed by atoms with Crippen molar-refractivity contribution in [3.05, 3.63) is 35.5 Å². The molecule has 1 aliphatic heterocycles. The Balaban J connectivity index is 2.29. The molecule has 0 bridgehead atoms. The van der Waals surface area contributed by atoms with Gasteiger partial charge in [-0.05, 0) is 12.1 Å². The van der Waals surface area contributed by atoms with Crippen molar-refractivity contribution in [1.29, 1.82) is 0 Å². The molecule has 20 heavy (non-hydrogen) atoms. The van der Waals surface area contributed by atoms with Crippen LogP contribution in [0.1, 0.15) is 5.56 Å². The van der Waals surface area contributed by atoms with Crippen molar-refractivity contribution in [2.75, 3.05) is 26.1 Å². The predicted molar refractivity (Wildman–Crippen MR) is 71.4 cm³/mol. The molecule has 0 saturated heterocycles. The molecule has 6 heteroatoms. The maximum atomic E-state index is 11.7. The second kappa shape index (κ2) is 6.10. The smallest absolute Gasteiger partial charge is 0.354 e. The van der Waals surface area contributed by atoms with E-state index in [-0.39, 0.29) is 5.70 Å². The fraction of sp³-hybridized carbons (Fsp3) is 0.286. The van der Waals surface area contributed by atoms with Crippen LogP contribution in [-0.4, -0.2) is 32.8 Å². The number of fused-ring (bicyclic) bond motifs is 1. The summed E-state index contributed by atoms with van der Waals surface area (Å²) in [5.41, 5.74) is 1.69. The van der Waals surface area contributed by atoms with E-state index in [1.54, 1.807) is 6.07 Å². The van der Waals surface area contributed by atoms with Gasteiger partial charge < -0.3 is 19.5 Å². The van der Waals surface area contributed by atoms with E-state index in [9.17, 15) is 9.59 Å². The van der Waals surface area contributed by atoms with E-state index in [0.717, 1.165) is 23.8 Å². The molecular weight excluding hydrogens is 262 g/mol. The summed E-state index contributed by atoms with van der Waals surface area (Å²) in [6, 6.07) is 5.47. The lowest BCUT2D eigenvalue weighted by atomic mass is 10.1. The van der Waals surface area contributed by atoms with E-state index in [1.807, 2.05) is 12.1 Å². The summed E-state index contributed by atoms with van der Waals surface area (Å²) in [7, 11) is 2.48. The lowest BCUT2D eigenvalue weighted by Crippen LogP contribution is -2.16. The van der Waals surface area contributed by atoms with E-state index in [0.29, 0.717) is 12.3 Å². The average molecular weight is 277 g/mol. The van der Waals surface area contributed by atoms with Gasteiger partial charge in [0.2, 0.25) is 0 Å². The maximum absolute atomic E-state index is 11.7. The highest BCUT2D eigenvalue weighted by molar-refractivity contribution is 5.98. The van der Waals surface area contributed by atoms with Crippen molar-refractivity contribution in [2.45, 2.75) is 6.42 Å². The summed E-state index contributed by atoms with van der Waals surface area (Å²) < 4.78 is 14.6. The number of carbonyl (C=O) groups excluding carboxylic acids is 2. The second-order valence-corrected chi connectivity index (χ2v) is 4.08. The molecule has 1 aromatic carbocycles. The highest BCUT2D eigenvalue weighted by Gasteiger charge is 2.19. The summed E-state index contributed by atoms with van der Waals surface area (Å²) in [4.78, 5) is 23.0. The molecule has 1 aliphatic rings. The zero-order valence-corrected chi connectivity index (χ0v) is 11.3. The minimum atomic E-state index is -0.646. The number of benzene rings is 1. The van der Waals surface area contributed by atoms with E-state index in [4.69, 9.17) is 4.74 Å². The fourth-order valence-electron chi connectivity index (χ4n) is 1.92. The Hall–Kier alpha value is -2.50. The first-order valence-corrected chi connectivity index (χ1v) is 6.05. The van der Waals surface area contributed by atoms with Crippen molar-refractivity contribution in [1.82, 2.24) is 0 Å². The van der Waals surface area contributed by atoms with Crippen LogP contribution >= 0.6 is 0 Å². The molecular formula is C14H15NO5. The number of hydrogen-bond acceptors (Lipinski definition) is 6. The molecule has 1 N–H and O–H groups in total. The molecule has 0 radical (unpaired) electrons. The second-order valence-electron chi connectivity index (χ2n) is 4.08. The van der Waals surface area contributed by atoms with Crippen LogP contribution in [-0.2, 0) is 25.5 Å². The van der Waals surface area contributed by atoms with Crippen LogP contribution in [0.15, 0.2) is 30.0 Å². The number of anilines is 1. The van der Waals surface area contributed by atoms with E-state index >= 15 is 0 Å². The lowest BCUT2D eigenvalue weighted by Gasteiger charge is -2.11. The van der Waals surface area contributed by atoms with Crippen LogP contribution in [0.3, 0.4) is 0 Å². The van der Waals surface area contributed by atoms with Crippen molar-refractivity contribution in [3.63, 3.8) is 0 Å². The molecule has 0 fully saturated rings. The van der Waals surface area contributed by atoms with Gasteiger partial charge in [0.15, 0.2) is 0 Å². The van der Waals surface area contributed by atoms with E-state index < -0.39 is 11.9 Å². The molecule has 0 spiro atoms. The summed E-state index contributed by atoms with van der Waals surface area (Å²) in [6.45, 7) is 0.600. The third-order valence-electron chi connectivity index (χ3n) is 2.88.